The Morgan fingerprint density at radius 3 is 2.10 bits per heavy atom. The van der Waals surface area contributed by atoms with E-state index in [0.29, 0.717) is 0 Å². The molecule has 4 rings (SSSR count). The quantitative estimate of drug-likeness (QED) is 0.433. The highest BCUT2D eigenvalue weighted by Crippen LogP contribution is 2.46. The molecule has 0 amide bonds. The lowest BCUT2D eigenvalue weighted by Crippen LogP contribution is -1.91. The smallest absolute Gasteiger partial charge is 0.0505 e. The third kappa shape index (κ3) is 1.64. The van der Waals surface area contributed by atoms with Crippen LogP contribution < -0.4 is 5.32 Å². The zero-order chi connectivity index (χ0) is 13.5. The van der Waals surface area contributed by atoms with Crippen molar-refractivity contribution in [1.82, 2.24) is 0 Å². The number of halogens is 1. The van der Waals surface area contributed by atoms with Crippen molar-refractivity contribution in [3.8, 4) is 22.3 Å². The van der Waals surface area contributed by atoms with Crippen LogP contribution in [0.3, 0.4) is 0 Å². The van der Waals surface area contributed by atoms with Gasteiger partial charge in [0.25, 0.3) is 0 Å². The van der Waals surface area contributed by atoms with Crippen LogP contribution in [0.5, 0.6) is 0 Å². The first-order chi connectivity index (χ1) is 9.84. The summed E-state index contributed by atoms with van der Waals surface area (Å²) < 4.78 is 0. The molecule has 0 aliphatic carbocycles. The molecule has 0 aromatic heterocycles. The molecule has 1 aliphatic heterocycles. The van der Waals surface area contributed by atoms with Gasteiger partial charge in [-0.1, -0.05) is 60.1 Å². The second kappa shape index (κ2) is 4.39. The lowest BCUT2D eigenvalue weighted by atomic mass is 9.95. The van der Waals surface area contributed by atoms with E-state index < -0.39 is 0 Å². The minimum atomic E-state index is 0.773. The largest absolute Gasteiger partial charge is 0.354 e. The lowest BCUT2D eigenvalue weighted by molar-refractivity contribution is 1.57. The predicted octanol–water partition coefficient (Wildman–Crippen LogP) is 5.73. The molecule has 1 aliphatic rings. The highest BCUT2D eigenvalue weighted by molar-refractivity contribution is 6.34. The minimum Gasteiger partial charge on any atom is -0.354 e. The number of nitrogens with one attached hydrogen (secondary N) is 1. The first-order valence-corrected chi connectivity index (χ1v) is 6.97. The number of para-hydroxylation sites is 1. The molecule has 2 heteroatoms. The highest BCUT2D eigenvalue weighted by atomic mass is 35.5. The fourth-order valence-corrected chi connectivity index (χ4v) is 3.09. The van der Waals surface area contributed by atoms with Gasteiger partial charge in [-0.3, -0.25) is 0 Å². The Hall–Kier alpha value is -2.25. The maximum atomic E-state index is 6.45. The molecule has 1 heterocycles. The van der Waals surface area contributed by atoms with Gasteiger partial charge in [0.1, 0.15) is 0 Å². The molecular formula is C18H12ClN. The zero-order valence-corrected chi connectivity index (χ0v) is 11.5. The third-order valence-corrected chi connectivity index (χ3v) is 4.01. The topological polar surface area (TPSA) is 12.0 Å². The average Bonchev–Trinajstić information content (AvgIpc) is 2.62. The summed E-state index contributed by atoms with van der Waals surface area (Å²) in [6.45, 7) is 0. The van der Waals surface area contributed by atoms with E-state index >= 15 is 0 Å². The maximum absolute atomic E-state index is 6.45. The molecule has 0 unspecified atom stereocenters. The fourth-order valence-electron chi connectivity index (χ4n) is 2.81. The Balaban J connectivity index is 2.15. The summed E-state index contributed by atoms with van der Waals surface area (Å²) >= 11 is 6.45. The Morgan fingerprint density at radius 2 is 1.25 bits per heavy atom. The summed E-state index contributed by atoms with van der Waals surface area (Å²) in [4.78, 5) is 0. The number of fused-ring (bicyclic) bond motifs is 5. The Bertz CT molecular complexity index is 808. The number of hydrogen-bond donors (Lipinski definition) is 1. The van der Waals surface area contributed by atoms with Crippen LogP contribution in [-0.2, 0) is 0 Å². The van der Waals surface area contributed by atoms with Gasteiger partial charge in [-0.25, -0.2) is 0 Å². The van der Waals surface area contributed by atoms with Gasteiger partial charge < -0.3 is 5.32 Å². The normalized spacial score (nSPS) is 11.7. The van der Waals surface area contributed by atoms with Gasteiger partial charge in [0.15, 0.2) is 0 Å². The average molecular weight is 278 g/mol. The Kier molecular flexibility index (Phi) is 2.54. The summed E-state index contributed by atoms with van der Waals surface area (Å²) in [5, 5.41) is 4.28. The van der Waals surface area contributed by atoms with Gasteiger partial charge in [-0.2, -0.15) is 0 Å². The van der Waals surface area contributed by atoms with Gasteiger partial charge in [-0.15, -0.1) is 0 Å². The van der Waals surface area contributed by atoms with E-state index in [2.05, 4.69) is 53.8 Å². The van der Waals surface area contributed by atoms with Crippen LogP contribution in [0.1, 0.15) is 0 Å². The van der Waals surface area contributed by atoms with Crippen molar-refractivity contribution in [1.29, 1.82) is 0 Å². The van der Waals surface area contributed by atoms with Gasteiger partial charge >= 0.3 is 0 Å². The van der Waals surface area contributed by atoms with Gasteiger partial charge in [-0.05, 0) is 29.3 Å². The van der Waals surface area contributed by atoms with Gasteiger partial charge in [0.05, 0.1) is 5.02 Å². The molecule has 3 aromatic carbocycles. The summed E-state index contributed by atoms with van der Waals surface area (Å²) in [5.74, 6) is 0. The van der Waals surface area contributed by atoms with E-state index in [1.807, 2.05) is 18.2 Å². The van der Waals surface area contributed by atoms with Crippen molar-refractivity contribution >= 4 is 23.0 Å². The molecule has 96 valence electrons. The van der Waals surface area contributed by atoms with Crippen LogP contribution in [0, 0.1) is 0 Å². The molecule has 0 fully saturated rings. The monoisotopic (exact) mass is 277 g/mol. The number of rotatable bonds is 0. The molecule has 20 heavy (non-hydrogen) atoms. The molecule has 0 atom stereocenters. The fraction of sp³-hybridized carbons (Fsp3) is 0. The van der Waals surface area contributed by atoms with E-state index in [1.165, 1.54) is 16.7 Å². The Labute approximate surface area is 122 Å². The van der Waals surface area contributed by atoms with Crippen molar-refractivity contribution in [3.05, 3.63) is 71.8 Å². The minimum absolute atomic E-state index is 0.773. The zero-order valence-electron chi connectivity index (χ0n) is 10.7. The van der Waals surface area contributed by atoms with E-state index in [9.17, 15) is 0 Å². The summed E-state index contributed by atoms with van der Waals surface area (Å²) in [5.41, 5.74) is 6.82. The first kappa shape index (κ1) is 11.6. The number of hydrogen-bond acceptors (Lipinski definition) is 1. The first-order valence-electron chi connectivity index (χ1n) is 6.59. The Morgan fingerprint density at radius 1 is 0.600 bits per heavy atom. The summed E-state index contributed by atoms with van der Waals surface area (Å²) in [6, 6.07) is 22.7. The van der Waals surface area contributed by atoms with Crippen molar-refractivity contribution in [2.24, 2.45) is 0 Å². The molecular weight excluding hydrogens is 266 g/mol. The second-order valence-corrected chi connectivity index (χ2v) is 5.29. The molecule has 0 spiro atoms. The van der Waals surface area contributed by atoms with Crippen LogP contribution >= 0.6 is 11.6 Å². The van der Waals surface area contributed by atoms with Crippen molar-refractivity contribution in [2.75, 3.05) is 5.32 Å². The van der Waals surface area contributed by atoms with Crippen molar-refractivity contribution < 1.29 is 0 Å². The van der Waals surface area contributed by atoms with Crippen LogP contribution in [0.15, 0.2) is 66.7 Å². The molecule has 0 radical (unpaired) electrons. The summed E-state index contributed by atoms with van der Waals surface area (Å²) in [6.07, 6.45) is 0. The predicted molar refractivity (Wildman–Crippen MR) is 85.6 cm³/mol. The number of anilines is 2. The van der Waals surface area contributed by atoms with Gasteiger partial charge in [0.2, 0.25) is 0 Å². The molecule has 3 aromatic rings. The SMILES string of the molecule is Clc1cccc2c1-c1ccccc1-c1ccccc1N2. The second-order valence-electron chi connectivity index (χ2n) is 4.88. The molecule has 0 saturated heterocycles. The lowest BCUT2D eigenvalue weighted by Gasteiger charge is -2.11. The standard InChI is InChI=1S/C18H12ClN/c19-15-9-5-11-17-18(15)14-8-2-1-6-12(14)13-7-3-4-10-16(13)20-17/h1-11,20H. The number of benzene rings is 3. The molecule has 0 bridgehead atoms. The maximum Gasteiger partial charge on any atom is 0.0505 e. The van der Waals surface area contributed by atoms with Crippen LogP contribution in [0.4, 0.5) is 11.4 Å². The molecule has 0 saturated carbocycles. The van der Waals surface area contributed by atoms with E-state index in [1.54, 1.807) is 0 Å². The van der Waals surface area contributed by atoms with E-state index in [0.717, 1.165) is 22.0 Å². The van der Waals surface area contributed by atoms with Crippen molar-refractivity contribution in [2.45, 2.75) is 0 Å². The van der Waals surface area contributed by atoms with Crippen LogP contribution in [0.2, 0.25) is 5.02 Å². The summed E-state index contributed by atoms with van der Waals surface area (Å²) in [7, 11) is 0. The van der Waals surface area contributed by atoms with Gasteiger partial charge in [0, 0.05) is 22.5 Å². The van der Waals surface area contributed by atoms with Crippen molar-refractivity contribution in [3.63, 3.8) is 0 Å². The molecule has 1 N–H and O–H groups in total. The highest BCUT2D eigenvalue weighted by Gasteiger charge is 2.19. The third-order valence-electron chi connectivity index (χ3n) is 3.70. The molecule has 1 nitrogen and oxygen atoms in total. The van der Waals surface area contributed by atoms with Crippen LogP contribution in [-0.4, -0.2) is 0 Å². The van der Waals surface area contributed by atoms with Crippen LogP contribution in [0.25, 0.3) is 22.3 Å². The van der Waals surface area contributed by atoms with E-state index in [-0.39, 0.29) is 0 Å². The van der Waals surface area contributed by atoms with E-state index in [4.69, 9.17) is 11.6 Å².